The van der Waals surface area contributed by atoms with Gasteiger partial charge in [0.25, 0.3) is 0 Å². The van der Waals surface area contributed by atoms with E-state index < -0.39 is 0 Å². The van der Waals surface area contributed by atoms with Crippen molar-refractivity contribution in [1.82, 2.24) is 0 Å². The van der Waals surface area contributed by atoms with Crippen molar-refractivity contribution >= 4 is 17.1 Å². The number of nitrogens with one attached hydrogen (secondary N) is 1. The zero-order valence-corrected chi connectivity index (χ0v) is 24.3. The summed E-state index contributed by atoms with van der Waals surface area (Å²) >= 11 is 0. The lowest BCUT2D eigenvalue weighted by molar-refractivity contribution is 0.306. The molecule has 0 aliphatic heterocycles. The van der Waals surface area contributed by atoms with Gasteiger partial charge in [-0.2, -0.15) is 0 Å². The summed E-state index contributed by atoms with van der Waals surface area (Å²) < 4.78 is 0. The van der Waals surface area contributed by atoms with Crippen LogP contribution >= 0.6 is 0 Å². The largest absolute Gasteiger partial charge is 0.399 e. The Balaban J connectivity index is 0.000000281. The third kappa shape index (κ3) is 10.5. The molecule has 0 amide bonds. The molecule has 0 fully saturated rings. The van der Waals surface area contributed by atoms with Gasteiger partial charge in [-0.15, -0.1) is 0 Å². The Bertz CT molecular complexity index is 1010. The van der Waals surface area contributed by atoms with E-state index in [9.17, 15) is 0 Å². The minimum absolute atomic E-state index is 0.399. The number of benzene rings is 3. The van der Waals surface area contributed by atoms with Crippen LogP contribution in [0.25, 0.3) is 0 Å². The van der Waals surface area contributed by atoms with E-state index in [1.165, 1.54) is 28.7 Å². The zero-order valence-electron chi connectivity index (χ0n) is 24.3. The second kappa shape index (κ2) is 13.5. The summed E-state index contributed by atoms with van der Waals surface area (Å²) in [5.74, 6) is 1.98. The monoisotopic (exact) mass is 486 g/mol. The van der Waals surface area contributed by atoms with Gasteiger partial charge in [-0.05, 0) is 101 Å². The number of nitrogens with two attached hydrogens (primary N) is 1. The number of nitrogen functional groups attached to an aromatic ring is 1. The smallest absolute Gasteiger partial charge is 0.0385 e. The van der Waals surface area contributed by atoms with Gasteiger partial charge < -0.3 is 11.1 Å². The number of aryl methyl sites for hydroxylation is 1. The summed E-state index contributed by atoms with van der Waals surface area (Å²) in [6.45, 7) is 20.5. The molecule has 0 aromatic heterocycles. The molecule has 0 saturated heterocycles. The first-order chi connectivity index (χ1) is 16.9. The van der Waals surface area contributed by atoms with Crippen molar-refractivity contribution in [3.8, 4) is 0 Å². The summed E-state index contributed by atoms with van der Waals surface area (Å²) in [7, 11) is 0. The molecule has 0 spiro atoms. The number of hydrogen-bond donors (Lipinski definition) is 2. The van der Waals surface area contributed by atoms with Crippen LogP contribution in [-0.2, 0) is 12.8 Å². The van der Waals surface area contributed by atoms with Gasteiger partial charge in [0.2, 0.25) is 0 Å². The highest BCUT2D eigenvalue weighted by Gasteiger charge is 2.15. The van der Waals surface area contributed by atoms with E-state index in [-0.39, 0.29) is 0 Å². The highest BCUT2D eigenvalue weighted by Crippen LogP contribution is 2.27. The molecule has 196 valence electrons. The van der Waals surface area contributed by atoms with Gasteiger partial charge in [-0.25, -0.2) is 0 Å². The van der Waals surface area contributed by atoms with Crippen molar-refractivity contribution in [3.63, 3.8) is 0 Å². The van der Waals surface area contributed by atoms with Gasteiger partial charge in [-0.3, -0.25) is 0 Å². The SMILES string of the molecule is CC(Cc1ccc(Nc2ccc(N)cc2)cc1)CC(C)(C)C.CCc1cc(C(C)C)cc(C(C)C)c1. The Morgan fingerprint density at radius 1 is 0.694 bits per heavy atom. The molecule has 3 aromatic rings. The molecular formula is C34H50N2. The van der Waals surface area contributed by atoms with Gasteiger partial charge in [-0.1, -0.05) is 92.6 Å². The van der Waals surface area contributed by atoms with Crippen LogP contribution in [0.1, 0.15) is 103 Å². The van der Waals surface area contributed by atoms with E-state index in [1.54, 1.807) is 0 Å². The molecule has 36 heavy (non-hydrogen) atoms. The van der Waals surface area contributed by atoms with E-state index in [2.05, 4.69) is 110 Å². The molecule has 0 aliphatic rings. The topological polar surface area (TPSA) is 38.0 Å². The fraction of sp³-hybridized carbons (Fsp3) is 0.471. The van der Waals surface area contributed by atoms with Gasteiger partial charge in [0, 0.05) is 17.1 Å². The highest BCUT2D eigenvalue weighted by atomic mass is 14.9. The Hall–Kier alpha value is -2.74. The van der Waals surface area contributed by atoms with Crippen molar-refractivity contribution in [3.05, 3.63) is 89.0 Å². The van der Waals surface area contributed by atoms with Gasteiger partial charge in [0.15, 0.2) is 0 Å². The lowest BCUT2D eigenvalue weighted by Gasteiger charge is -2.23. The van der Waals surface area contributed by atoms with Crippen LogP contribution in [-0.4, -0.2) is 0 Å². The standard InChI is InChI=1S/C20H28N2.C14H22/c1-15(14-20(2,3)4)13-16-5-9-18(10-6-16)22-19-11-7-17(21)8-12-19;1-6-12-7-13(10(2)3)9-14(8-12)11(4)5/h5-12,15,22H,13-14,21H2,1-4H3;7-11H,6H2,1-5H3. The summed E-state index contributed by atoms with van der Waals surface area (Å²) in [5.41, 5.74) is 14.9. The minimum Gasteiger partial charge on any atom is -0.399 e. The average molecular weight is 487 g/mol. The number of hydrogen-bond acceptors (Lipinski definition) is 2. The second-order valence-electron chi connectivity index (χ2n) is 12.2. The van der Waals surface area contributed by atoms with E-state index in [1.807, 2.05) is 24.3 Å². The lowest BCUT2D eigenvalue weighted by Crippen LogP contribution is -2.12. The first kappa shape index (κ1) is 29.5. The molecule has 0 bridgehead atoms. The predicted octanol–water partition coefficient (Wildman–Crippen LogP) is 10.1. The molecule has 0 aliphatic carbocycles. The Morgan fingerprint density at radius 3 is 1.58 bits per heavy atom. The molecule has 3 N–H and O–H groups in total. The molecule has 3 aromatic carbocycles. The average Bonchev–Trinajstić information content (AvgIpc) is 2.80. The molecule has 2 nitrogen and oxygen atoms in total. The first-order valence-electron chi connectivity index (χ1n) is 13.7. The van der Waals surface area contributed by atoms with Gasteiger partial charge in [0.05, 0.1) is 0 Å². The van der Waals surface area contributed by atoms with E-state index >= 15 is 0 Å². The quantitative estimate of drug-likeness (QED) is 0.311. The molecule has 0 saturated carbocycles. The Morgan fingerprint density at radius 2 is 1.17 bits per heavy atom. The summed E-state index contributed by atoms with van der Waals surface area (Å²) in [6, 6.07) is 23.6. The normalized spacial score (nSPS) is 12.3. The third-order valence-corrected chi connectivity index (χ3v) is 6.48. The second-order valence-corrected chi connectivity index (χ2v) is 12.2. The fourth-order valence-corrected chi connectivity index (χ4v) is 4.59. The number of rotatable bonds is 8. The lowest BCUT2D eigenvalue weighted by atomic mass is 9.83. The molecule has 0 heterocycles. The summed E-state index contributed by atoms with van der Waals surface area (Å²) in [4.78, 5) is 0. The first-order valence-corrected chi connectivity index (χ1v) is 13.7. The van der Waals surface area contributed by atoms with E-state index in [0.29, 0.717) is 23.2 Å². The van der Waals surface area contributed by atoms with Gasteiger partial charge >= 0.3 is 0 Å². The van der Waals surface area contributed by atoms with Crippen LogP contribution in [0.15, 0.2) is 66.7 Å². The van der Waals surface area contributed by atoms with Crippen LogP contribution in [0.5, 0.6) is 0 Å². The van der Waals surface area contributed by atoms with Crippen molar-refractivity contribution in [1.29, 1.82) is 0 Å². The Labute approximate surface area is 221 Å². The van der Waals surface area contributed by atoms with E-state index in [4.69, 9.17) is 5.73 Å². The van der Waals surface area contributed by atoms with Crippen molar-refractivity contribution in [2.45, 2.75) is 93.4 Å². The molecule has 0 radical (unpaired) electrons. The van der Waals surface area contributed by atoms with E-state index in [0.717, 1.165) is 29.9 Å². The summed E-state index contributed by atoms with van der Waals surface area (Å²) in [6.07, 6.45) is 3.53. The molecule has 1 atom stereocenters. The van der Waals surface area contributed by atoms with Crippen LogP contribution in [0.3, 0.4) is 0 Å². The van der Waals surface area contributed by atoms with Crippen LogP contribution in [0, 0.1) is 11.3 Å². The zero-order chi connectivity index (χ0) is 26.9. The number of anilines is 3. The third-order valence-electron chi connectivity index (χ3n) is 6.48. The Kier molecular flexibility index (Phi) is 11.1. The molecular weight excluding hydrogens is 436 g/mol. The maximum absolute atomic E-state index is 5.70. The van der Waals surface area contributed by atoms with Crippen molar-refractivity contribution in [2.24, 2.45) is 11.3 Å². The predicted molar refractivity (Wildman–Crippen MR) is 162 cm³/mol. The maximum Gasteiger partial charge on any atom is 0.0385 e. The van der Waals surface area contributed by atoms with Crippen molar-refractivity contribution in [2.75, 3.05) is 11.1 Å². The molecule has 1 unspecified atom stereocenters. The van der Waals surface area contributed by atoms with Crippen molar-refractivity contribution < 1.29 is 0 Å². The van der Waals surface area contributed by atoms with Crippen LogP contribution < -0.4 is 11.1 Å². The molecule has 3 rings (SSSR count). The van der Waals surface area contributed by atoms with Gasteiger partial charge in [0.1, 0.15) is 0 Å². The highest BCUT2D eigenvalue weighted by molar-refractivity contribution is 5.61. The maximum atomic E-state index is 5.70. The summed E-state index contributed by atoms with van der Waals surface area (Å²) in [5, 5.41) is 3.39. The van der Waals surface area contributed by atoms with Crippen LogP contribution in [0.2, 0.25) is 0 Å². The molecule has 2 heteroatoms. The van der Waals surface area contributed by atoms with Crippen LogP contribution in [0.4, 0.5) is 17.1 Å². The fourth-order valence-electron chi connectivity index (χ4n) is 4.59. The minimum atomic E-state index is 0.399.